The van der Waals surface area contributed by atoms with E-state index in [2.05, 4.69) is 15.3 Å². The Bertz CT molecular complexity index is 505. The fourth-order valence-corrected chi connectivity index (χ4v) is 2.35. The molecule has 94 valence electrons. The van der Waals surface area contributed by atoms with E-state index in [1.165, 1.54) is 24.2 Å². The monoisotopic (exact) mass is 263 g/mol. The number of aromatic nitrogens is 2. The summed E-state index contributed by atoms with van der Waals surface area (Å²) in [5, 5.41) is 4.06. The standard InChI is InChI=1S/C13H14FN3S/c1-2-15-8-10-7-11(14)3-4-12(10)18-13-5-6-16-9-17-13/h3-7,9,15H,2,8H2,1H3. The molecule has 2 rings (SSSR count). The number of benzene rings is 1. The van der Waals surface area contributed by atoms with Crippen LogP contribution >= 0.6 is 11.8 Å². The lowest BCUT2D eigenvalue weighted by Gasteiger charge is -2.09. The molecule has 1 N–H and O–H groups in total. The van der Waals surface area contributed by atoms with Gasteiger partial charge in [-0.15, -0.1) is 0 Å². The Morgan fingerprint density at radius 1 is 1.33 bits per heavy atom. The highest BCUT2D eigenvalue weighted by molar-refractivity contribution is 7.99. The molecule has 0 aliphatic heterocycles. The lowest BCUT2D eigenvalue weighted by molar-refractivity contribution is 0.619. The van der Waals surface area contributed by atoms with Crippen LogP contribution < -0.4 is 5.32 Å². The molecule has 0 saturated carbocycles. The van der Waals surface area contributed by atoms with E-state index < -0.39 is 0 Å². The molecule has 0 saturated heterocycles. The first-order chi connectivity index (χ1) is 8.79. The molecule has 1 heterocycles. The lowest BCUT2D eigenvalue weighted by Crippen LogP contribution is -2.12. The van der Waals surface area contributed by atoms with Crippen molar-refractivity contribution in [1.29, 1.82) is 0 Å². The molecule has 0 unspecified atom stereocenters. The Kier molecular flexibility index (Phi) is 4.66. The van der Waals surface area contributed by atoms with Gasteiger partial charge < -0.3 is 5.32 Å². The molecule has 0 amide bonds. The van der Waals surface area contributed by atoms with E-state index in [0.717, 1.165) is 22.0 Å². The fraction of sp³-hybridized carbons (Fsp3) is 0.231. The highest BCUT2D eigenvalue weighted by Crippen LogP contribution is 2.29. The van der Waals surface area contributed by atoms with Gasteiger partial charge in [-0.3, -0.25) is 0 Å². The summed E-state index contributed by atoms with van der Waals surface area (Å²) in [5.74, 6) is -0.213. The second kappa shape index (κ2) is 6.47. The van der Waals surface area contributed by atoms with Crippen molar-refractivity contribution in [2.45, 2.75) is 23.4 Å². The van der Waals surface area contributed by atoms with Gasteiger partial charge >= 0.3 is 0 Å². The van der Waals surface area contributed by atoms with Gasteiger partial charge in [0.05, 0.1) is 0 Å². The van der Waals surface area contributed by atoms with Crippen molar-refractivity contribution >= 4 is 11.8 Å². The average molecular weight is 263 g/mol. The average Bonchev–Trinajstić information content (AvgIpc) is 2.40. The third-order valence-corrected chi connectivity index (χ3v) is 3.43. The van der Waals surface area contributed by atoms with Crippen LogP contribution in [-0.2, 0) is 6.54 Å². The Labute approximate surface area is 110 Å². The normalized spacial score (nSPS) is 10.6. The van der Waals surface area contributed by atoms with Gasteiger partial charge in [0.1, 0.15) is 17.2 Å². The maximum Gasteiger partial charge on any atom is 0.123 e. The van der Waals surface area contributed by atoms with Crippen molar-refractivity contribution in [3.8, 4) is 0 Å². The summed E-state index contributed by atoms with van der Waals surface area (Å²) < 4.78 is 13.3. The van der Waals surface area contributed by atoms with Gasteiger partial charge in [0.2, 0.25) is 0 Å². The molecular formula is C13H14FN3S. The minimum atomic E-state index is -0.213. The smallest absolute Gasteiger partial charge is 0.123 e. The molecule has 1 aromatic heterocycles. The minimum Gasteiger partial charge on any atom is -0.313 e. The summed E-state index contributed by atoms with van der Waals surface area (Å²) in [6.07, 6.45) is 3.21. The van der Waals surface area contributed by atoms with Crippen LogP contribution in [0.4, 0.5) is 4.39 Å². The van der Waals surface area contributed by atoms with E-state index in [1.54, 1.807) is 18.3 Å². The number of hydrogen-bond donors (Lipinski definition) is 1. The second-order valence-corrected chi connectivity index (χ2v) is 4.74. The third-order valence-electron chi connectivity index (χ3n) is 2.36. The minimum absolute atomic E-state index is 0.213. The van der Waals surface area contributed by atoms with Gasteiger partial charge in [0.15, 0.2) is 0 Å². The van der Waals surface area contributed by atoms with Gasteiger partial charge in [0.25, 0.3) is 0 Å². The maximum atomic E-state index is 13.3. The van der Waals surface area contributed by atoms with E-state index in [9.17, 15) is 4.39 Å². The Morgan fingerprint density at radius 3 is 2.94 bits per heavy atom. The zero-order chi connectivity index (χ0) is 12.8. The summed E-state index contributed by atoms with van der Waals surface area (Å²) in [6, 6.07) is 6.66. The van der Waals surface area contributed by atoms with E-state index in [-0.39, 0.29) is 5.82 Å². The summed E-state index contributed by atoms with van der Waals surface area (Å²) in [6.45, 7) is 3.53. The van der Waals surface area contributed by atoms with Crippen molar-refractivity contribution in [3.05, 3.63) is 48.2 Å². The van der Waals surface area contributed by atoms with Crippen molar-refractivity contribution in [2.24, 2.45) is 0 Å². The van der Waals surface area contributed by atoms with Crippen LogP contribution in [0.3, 0.4) is 0 Å². The highest BCUT2D eigenvalue weighted by atomic mass is 32.2. The molecule has 2 aromatic rings. The number of hydrogen-bond acceptors (Lipinski definition) is 4. The molecule has 0 bridgehead atoms. The zero-order valence-corrected chi connectivity index (χ0v) is 10.9. The molecule has 0 atom stereocenters. The van der Waals surface area contributed by atoms with E-state index in [4.69, 9.17) is 0 Å². The number of nitrogens with one attached hydrogen (secondary N) is 1. The quantitative estimate of drug-likeness (QED) is 0.842. The largest absolute Gasteiger partial charge is 0.313 e. The molecule has 0 spiro atoms. The van der Waals surface area contributed by atoms with Crippen LogP contribution in [0.1, 0.15) is 12.5 Å². The Balaban J connectivity index is 2.21. The van der Waals surface area contributed by atoms with E-state index >= 15 is 0 Å². The van der Waals surface area contributed by atoms with Crippen LogP contribution in [-0.4, -0.2) is 16.5 Å². The van der Waals surface area contributed by atoms with Crippen molar-refractivity contribution in [3.63, 3.8) is 0 Å². The molecule has 18 heavy (non-hydrogen) atoms. The highest BCUT2D eigenvalue weighted by Gasteiger charge is 2.06. The fourth-order valence-electron chi connectivity index (χ4n) is 1.50. The Hall–Kier alpha value is -1.46. The summed E-state index contributed by atoms with van der Waals surface area (Å²) >= 11 is 1.52. The SMILES string of the molecule is CCNCc1cc(F)ccc1Sc1ccncn1. The van der Waals surface area contributed by atoms with Gasteiger partial charge in [-0.05, 0) is 36.4 Å². The molecule has 5 heteroatoms. The van der Waals surface area contributed by atoms with Crippen molar-refractivity contribution < 1.29 is 4.39 Å². The molecule has 3 nitrogen and oxygen atoms in total. The van der Waals surface area contributed by atoms with Crippen LogP contribution in [0, 0.1) is 5.82 Å². The molecule has 0 fully saturated rings. The third kappa shape index (κ3) is 3.51. The first-order valence-corrected chi connectivity index (χ1v) is 6.54. The molecular weight excluding hydrogens is 249 g/mol. The van der Waals surface area contributed by atoms with Crippen LogP contribution in [0.5, 0.6) is 0 Å². The molecule has 0 aliphatic carbocycles. The van der Waals surface area contributed by atoms with Gasteiger partial charge in [-0.2, -0.15) is 0 Å². The zero-order valence-electron chi connectivity index (χ0n) is 10.1. The topological polar surface area (TPSA) is 37.8 Å². The molecule has 0 aliphatic rings. The van der Waals surface area contributed by atoms with Crippen molar-refractivity contribution in [2.75, 3.05) is 6.54 Å². The maximum absolute atomic E-state index is 13.3. The van der Waals surface area contributed by atoms with Crippen LogP contribution in [0.25, 0.3) is 0 Å². The van der Waals surface area contributed by atoms with E-state index in [1.807, 2.05) is 13.0 Å². The number of halogens is 1. The summed E-state index contributed by atoms with van der Waals surface area (Å²) in [5.41, 5.74) is 0.945. The Morgan fingerprint density at radius 2 is 2.22 bits per heavy atom. The second-order valence-electron chi connectivity index (χ2n) is 3.68. The summed E-state index contributed by atoms with van der Waals surface area (Å²) in [4.78, 5) is 9.04. The van der Waals surface area contributed by atoms with Crippen molar-refractivity contribution in [1.82, 2.24) is 15.3 Å². The molecule has 1 aromatic carbocycles. The lowest BCUT2D eigenvalue weighted by atomic mass is 10.2. The van der Waals surface area contributed by atoms with E-state index in [0.29, 0.717) is 6.54 Å². The van der Waals surface area contributed by atoms with Crippen LogP contribution in [0.15, 0.2) is 46.7 Å². The van der Waals surface area contributed by atoms with Gasteiger partial charge in [-0.1, -0.05) is 18.7 Å². The predicted octanol–water partition coefficient (Wildman–Crippen LogP) is 2.88. The van der Waals surface area contributed by atoms with Crippen LogP contribution in [0.2, 0.25) is 0 Å². The predicted molar refractivity (Wildman–Crippen MR) is 69.9 cm³/mol. The van der Waals surface area contributed by atoms with Gasteiger partial charge in [-0.25, -0.2) is 14.4 Å². The number of nitrogens with zero attached hydrogens (tertiary/aromatic N) is 2. The first kappa shape index (κ1) is 13.0. The van der Waals surface area contributed by atoms with Gasteiger partial charge in [0, 0.05) is 17.6 Å². The first-order valence-electron chi connectivity index (χ1n) is 5.72. The summed E-state index contributed by atoms with van der Waals surface area (Å²) in [7, 11) is 0. The molecule has 0 radical (unpaired) electrons. The number of rotatable bonds is 5.